The summed E-state index contributed by atoms with van der Waals surface area (Å²) in [5, 5.41) is 9.67. The van der Waals surface area contributed by atoms with E-state index in [2.05, 4.69) is 4.74 Å². The Morgan fingerprint density at radius 3 is 3.07 bits per heavy atom. The maximum Gasteiger partial charge on any atom is 0.307 e. The summed E-state index contributed by atoms with van der Waals surface area (Å²) < 4.78 is 4.63. The van der Waals surface area contributed by atoms with Gasteiger partial charge in [0.2, 0.25) is 5.91 Å². The molecule has 0 bridgehead atoms. The molecule has 2 saturated heterocycles. The molecule has 5 nitrogen and oxygen atoms in total. The number of aliphatic hydroxyl groups excluding tert-OH is 1. The lowest BCUT2D eigenvalue weighted by molar-refractivity contribution is -0.147. The van der Waals surface area contributed by atoms with Crippen LogP contribution in [-0.4, -0.2) is 40.8 Å². The summed E-state index contributed by atoms with van der Waals surface area (Å²) in [7, 11) is 1.34. The number of fused-ring (bicyclic) bond motifs is 1. The molecule has 0 spiro atoms. The van der Waals surface area contributed by atoms with Crippen LogP contribution in [0.3, 0.4) is 0 Å². The van der Waals surface area contributed by atoms with Gasteiger partial charge in [0.1, 0.15) is 6.23 Å². The number of ether oxygens (including phenoxy) is 1. The molecule has 1 amide bonds. The van der Waals surface area contributed by atoms with Gasteiger partial charge in [-0.25, -0.2) is 0 Å². The number of hydrogen-bond acceptors (Lipinski definition) is 4. The van der Waals surface area contributed by atoms with Crippen LogP contribution in [0.1, 0.15) is 32.1 Å². The zero-order chi connectivity index (χ0) is 11.1. The molecule has 0 aromatic carbocycles. The smallest absolute Gasteiger partial charge is 0.307 e. The Bertz CT molecular complexity index is 304. The van der Waals surface area contributed by atoms with Crippen LogP contribution in [0.25, 0.3) is 0 Å². The van der Waals surface area contributed by atoms with Crippen molar-refractivity contribution in [2.75, 3.05) is 7.11 Å². The third kappa shape index (κ3) is 1.51. The number of hydrogen-bond donors (Lipinski definition) is 1. The van der Waals surface area contributed by atoms with E-state index in [1.807, 2.05) is 0 Å². The van der Waals surface area contributed by atoms with Crippen LogP contribution in [0, 0.1) is 0 Å². The molecular formula is C10H15NO4. The molecule has 5 heteroatoms. The number of aliphatic hydroxyl groups is 1. The van der Waals surface area contributed by atoms with Crippen LogP contribution >= 0.6 is 0 Å². The summed E-state index contributed by atoms with van der Waals surface area (Å²) in [5.41, 5.74) is -0.469. The van der Waals surface area contributed by atoms with Crippen LogP contribution in [-0.2, 0) is 14.3 Å². The highest BCUT2D eigenvalue weighted by Crippen LogP contribution is 2.44. The lowest BCUT2D eigenvalue weighted by Gasteiger charge is -2.32. The highest BCUT2D eigenvalue weighted by molar-refractivity contribution is 5.82. The van der Waals surface area contributed by atoms with Crippen LogP contribution in [0.5, 0.6) is 0 Å². The third-order valence-electron chi connectivity index (χ3n) is 3.45. The van der Waals surface area contributed by atoms with Crippen molar-refractivity contribution in [3.05, 3.63) is 0 Å². The molecular weight excluding hydrogens is 198 g/mol. The molecule has 0 aromatic rings. The van der Waals surface area contributed by atoms with E-state index in [9.17, 15) is 14.7 Å². The zero-order valence-electron chi connectivity index (χ0n) is 8.73. The van der Waals surface area contributed by atoms with Crippen molar-refractivity contribution in [1.29, 1.82) is 0 Å². The monoisotopic (exact) mass is 213 g/mol. The Balaban J connectivity index is 2.19. The molecule has 2 atom stereocenters. The molecule has 2 rings (SSSR count). The zero-order valence-corrected chi connectivity index (χ0v) is 8.73. The van der Waals surface area contributed by atoms with Crippen LogP contribution in [0.15, 0.2) is 0 Å². The largest absolute Gasteiger partial charge is 0.469 e. The first-order chi connectivity index (χ1) is 7.09. The maximum absolute atomic E-state index is 11.6. The first-order valence-electron chi connectivity index (χ1n) is 5.16. The fraction of sp³-hybridized carbons (Fsp3) is 0.800. The molecule has 0 saturated carbocycles. The van der Waals surface area contributed by atoms with Crippen LogP contribution in [0.2, 0.25) is 0 Å². The quantitative estimate of drug-likeness (QED) is 0.657. The molecule has 2 aliphatic rings. The predicted molar refractivity (Wildman–Crippen MR) is 50.7 cm³/mol. The number of esters is 1. The molecule has 15 heavy (non-hydrogen) atoms. The summed E-state index contributed by atoms with van der Waals surface area (Å²) in [6.07, 6.45) is 1.81. The number of rotatable bonds is 2. The van der Waals surface area contributed by atoms with Gasteiger partial charge in [0.15, 0.2) is 0 Å². The fourth-order valence-electron chi connectivity index (χ4n) is 2.70. The van der Waals surface area contributed by atoms with Crippen molar-refractivity contribution in [3.63, 3.8) is 0 Å². The number of carbonyl (C=O) groups is 2. The van der Waals surface area contributed by atoms with Gasteiger partial charge in [-0.15, -0.1) is 0 Å². The Morgan fingerprint density at radius 1 is 1.67 bits per heavy atom. The SMILES string of the molecule is COC(=O)CC12CCC(=O)N1C(O)CC2. The van der Waals surface area contributed by atoms with Crippen molar-refractivity contribution in [3.8, 4) is 0 Å². The second-order valence-corrected chi connectivity index (χ2v) is 4.26. The normalized spacial score (nSPS) is 34.4. The minimum Gasteiger partial charge on any atom is -0.469 e. The molecule has 2 aliphatic heterocycles. The molecule has 0 aromatic heterocycles. The van der Waals surface area contributed by atoms with E-state index in [1.54, 1.807) is 0 Å². The maximum atomic E-state index is 11.6. The Labute approximate surface area is 88.0 Å². The van der Waals surface area contributed by atoms with Crippen LogP contribution < -0.4 is 0 Å². The van der Waals surface area contributed by atoms with Gasteiger partial charge in [0.25, 0.3) is 0 Å². The minimum atomic E-state index is -0.718. The van der Waals surface area contributed by atoms with Gasteiger partial charge in [-0.1, -0.05) is 0 Å². The lowest BCUT2D eigenvalue weighted by Crippen LogP contribution is -2.46. The third-order valence-corrected chi connectivity index (χ3v) is 3.45. The van der Waals surface area contributed by atoms with E-state index in [1.165, 1.54) is 12.0 Å². The van der Waals surface area contributed by atoms with Gasteiger partial charge in [-0.05, 0) is 19.3 Å². The average molecular weight is 213 g/mol. The molecule has 0 radical (unpaired) electrons. The number of amides is 1. The van der Waals surface area contributed by atoms with Crippen molar-refractivity contribution >= 4 is 11.9 Å². The van der Waals surface area contributed by atoms with Crippen molar-refractivity contribution in [1.82, 2.24) is 4.90 Å². The summed E-state index contributed by atoms with van der Waals surface area (Å²) >= 11 is 0. The minimum absolute atomic E-state index is 0.0519. The van der Waals surface area contributed by atoms with E-state index >= 15 is 0 Å². The molecule has 84 valence electrons. The topological polar surface area (TPSA) is 66.8 Å². The Morgan fingerprint density at radius 2 is 2.40 bits per heavy atom. The Hall–Kier alpha value is -1.10. The first-order valence-corrected chi connectivity index (χ1v) is 5.16. The van der Waals surface area contributed by atoms with E-state index in [0.717, 1.165) is 0 Å². The molecule has 2 heterocycles. The Kier molecular flexibility index (Phi) is 2.42. The van der Waals surface area contributed by atoms with Crippen molar-refractivity contribution in [2.45, 2.75) is 43.9 Å². The molecule has 1 N–H and O–H groups in total. The van der Waals surface area contributed by atoms with Gasteiger partial charge >= 0.3 is 5.97 Å². The second-order valence-electron chi connectivity index (χ2n) is 4.26. The van der Waals surface area contributed by atoms with E-state index in [0.29, 0.717) is 25.7 Å². The number of methoxy groups -OCH3 is 1. The van der Waals surface area contributed by atoms with Gasteiger partial charge < -0.3 is 14.7 Å². The molecule has 2 fully saturated rings. The number of nitrogens with zero attached hydrogens (tertiary/aromatic N) is 1. The lowest BCUT2D eigenvalue weighted by atomic mass is 9.90. The second kappa shape index (κ2) is 3.48. The summed E-state index contributed by atoms with van der Waals surface area (Å²) in [5.74, 6) is -0.368. The highest BCUT2D eigenvalue weighted by Gasteiger charge is 2.53. The average Bonchev–Trinajstić information content (AvgIpc) is 2.68. The number of carbonyl (C=O) groups excluding carboxylic acids is 2. The van der Waals surface area contributed by atoms with Crippen LogP contribution in [0.4, 0.5) is 0 Å². The van der Waals surface area contributed by atoms with E-state index in [4.69, 9.17) is 0 Å². The highest BCUT2D eigenvalue weighted by atomic mass is 16.5. The fourth-order valence-corrected chi connectivity index (χ4v) is 2.70. The molecule has 2 unspecified atom stereocenters. The summed E-state index contributed by atoms with van der Waals surface area (Å²) in [6.45, 7) is 0. The predicted octanol–water partition coefficient (Wildman–Crippen LogP) is 0.0229. The van der Waals surface area contributed by atoms with Crippen molar-refractivity contribution in [2.24, 2.45) is 0 Å². The van der Waals surface area contributed by atoms with Gasteiger partial charge in [0, 0.05) is 6.42 Å². The van der Waals surface area contributed by atoms with Gasteiger partial charge in [0.05, 0.1) is 19.1 Å². The van der Waals surface area contributed by atoms with Gasteiger partial charge in [-0.2, -0.15) is 0 Å². The van der Waals surface area contributed by atoms with Gasteiger partial charge in [-0.3, -0.25) is 9.59 Å². The van der Waals surface area contributed by atoms with E-state index in [-0.39, 0.29) is 18.3 Å². The standard InChI is InChI=1S/C10H15NO4/c1-15-9(14)6-10-4-2-7(12)11(10)8(13)3-5-10/h7,12H,2-6H2,1H3. The summed E-state index contributed by atoms with van der Waals surface area (Å²) in [4.78, 5) is 24.3. The van der Waals surface area contributed by atoms with Crippen molar-refractivity contribution < 1.29 is 19.4 Å². The first kappa shape index (κ1) is 10.4. The summed E-state index contributed by atoms with van der Waals surface area (Å²) in [6, 6.07) is 0. The molecule has 0 aliphatic carbocycles. The van der Waals surface area contributed by atoms with E-state index < -0.39 is 11.8 Å².